The first kappa shape index (κ1) is 13.9. The third-order valence-corrected chi connectivity index (χ3v) is 2.94. The third kappa shape index (κ3) is 3.96. The SMILES string of the molecule is CC(C)(C)OC(=O)N1CCNC[C@@H]1Cn1cccn1. The van der Waals surface area contributed by atoms with Crippen molar-refractivity contribution in [2.24, 2.45) is 0 Å². The summed E-state index contributed by atoms with van der Waals surface area (Å²) in [5.74, 6) is 0. The van der Waals surface area contributed by atoms with Gasteiger partial charge in [0, 0.05) is 32.0 Å². The molecule has 1 N–H and O–H groups in total. The molecule has 0 radical (unpaired) electrons. The van der Waals surface area contributed by atoms with Crippen LogP contribution in [0.1, 0.15) is 20.8 Å². The van der Waals surface area contributed by atoms with Crippen molar-refractivity contribution in [1.82, 2.24) is 20.0 Å². The Kier molecular flexibility index (Phi) is 4.09. The van der Waals surface area contributed by atoms with Gasteiger partial charge in [-0.1, -0.05) is 0 Å². The van der Waals surface area contributed by atoms with Crippen LogP contribution in [0.2, 0.25) is 0 Å². The molecular formula is C13H22N4O2. The lowest BCUT2D eigenvalue weighted by Gasteiger charge is -2.37. The van der Waals surface area contributed by atoms with E-state index in [1.807, 2.05) is 37.7 Å². The highest BCUT2D eigenvalue weighted by Gasteiger charge is 2.30. The summed E-state index contributed by atoms with van der Waals surface area (Å²) in [6.45, 7) is 8.56. The van der Waals surface area contributed by atoms with Gasteiger partial charge in [0.1, 0.15) is 5.60 Å². The summed E-state index contributed by atoms with van der Waals surface area (Å²) in [5.41, 5.74) is -0.460. The van der Waals surface area contributed by atoms with Gasteiger partial charge in [-0.15, -0.1) is 0 Å². The minimum atomic E-state index is -0.460. The molecule has 1 fully saturated rings. The first-order chi connectivity index (χ1) is 8.96. The number of hydrogen-bond acceptors (Lipinski definition) is 4. The highest BCUT2D eigenvalue weighted by atomic mass is 16.6. The number of carbonyl (C=O) groups excluding carboxylic acids is 1. The predicted molar refractivity (Wildman–Crippen MR) is 71.8 cm³/mol. The van der Waals surface area contributed by atoms with E-state index in [1.165, 1.54) is 0 Å². The smallest absolute Gasteiger partial charge is 0.410 e. The largest absolute Gasteiger partial charge is 0.444 e. The van der Waals surface area contributed by atoms with Crippen molar-refractivity contribution in [2.45, 2.75) is 39.0 Å². The second kappa shape index (κ2) is 5.61. The summed E-state index contributed by atoms with van der Waals surface area (Å²) >= 11 is 0. The maximum Gasteiger partial charge on any atom is 0.410 e. The Bertz CT molecular complexity index is 411. The zero-order valence-electron chi connectivity index (χ0n) is 11.8. The van der Waals surface area contributed by atoms with Gasteiger partial charge in [0.25, 0.3) is 0 Å². The second-order valence-electron chi connectivity index (χ2n) is 5.76. The van der Waals surface area contributed by atoms with Crippen LogP contribution in [0.3, 0.4) is 0 Å². The molecule has 1 atom stereocenters. The molecule has 1 aliphatic rings. The molecule has 1 saturated heterocycles. The molecule has 0 saturated carbocycles. The first-order valence-corrected chi connectivity index (χ1v) is 6.63. The zero-order chi connectivity index (χ0) is 13.9. The molecule has 2 heterocycles. The number of rotatable bonds is 2. The summed E-state index contributed by atoms with van der Waals surface area (Å²) < 4.78 is 7.30. The lowest BCUT2D eigenvalue weighted by atomic mass is 10.2. The maximum absolute atomic E-state index is 12.2. The standard InChI is InChI=1S/C13H22N4O2/c1-13(2,3)19-12(18)17-8-6-14-9-11(17)10-16-7-4-5-15-16/h4-5,7,11,14H,6,8-10H2,1-3H3/t11-/m1/s1. The molecule has 1 aliphatic heterocycles. The first-order valence-electron chi connectivity index (χ1n) is 6.63. The number of nitrogens with zero attached hydrogens (tertiary/aromatic N) is 3. The van der Waals surface area contributed by atoms with Crippen LogP contribution in [-0.2, 0) is 11.3 Å². The number of nitrogens with one attached hydrogen (secondary N) is 1. The highest BCUT2D eigenvalue weighted by molar-refractivity contribution is 5.68. The second-order valence-corrected chi connectivity index (χ2v) is 5.76. The minimum Gasteiger partial charge on any atom is -0.444 e. The number of hydrogen-bond donors (Lipinski definition) is 1. The molecule has 0 unspecified atom stereocenters. The Morgan fingerprint density at radius 2 is 2.32 bits per heavy atom. The molecule has 0 aliphatic carbocycles. The third-order valence-electron chi connectivity index (χ3n) is 2.94. The molecule has 1 amide bonds. The van der Waals surface area contributed by atoms with Crippen molar-refractivity contribution < 1.29 is 9.53 Å². The number of amides is 1. The number of piperazine rings is 1. The minimum absolute atomic E-state index is 0.0727. The molecule has 1 aromatic rings. The molecule has 6 heteroatoms. The molecule has 106 valence electrons. The molecule has 1 aromatic heterocycles. The van der Waals surface area contributed by atoms with E-state index in [0.29, 0.717) is 13.1 Å². The van der Waals surface area contributed by atoms with Gasteiger partial charge in [0.15, 0.2) is 0 Å². The van der Waals surface area contributed by atoms with E-state index in [9.17, 15) is 4.79 Å². The van der Waals surface area contributed by atoms with E-state index in [1.54, 1.807) is 11.1 Å². The van der Waals surface area contributed by atoms with Gasteiger partial charge in [0.2, 0.25) is 0 Å². The van der Waals surface area contributed by atoms with E-state index in [0.717, 1.165) is 13.1 Å². The van der Waals surface area contributed by atoms with Crippen molar-refractivity contribution in [1.29, 1.82) is 0 Å². The van der Waals surface area contributed by atoms with Crippen LogP contribution < -0.4 is 5.32 Å². The van der Waals surface area contributed by atoms with E-state index >= 15 is 0 Å². The topological polar surface area (TPSA) is 59.4 Å². The van der Waals surface area contributed by atoms with Crippen LogP contribution in [0.15, 0.2) is 18.5 Å². The number of carbonyl (C=O) groups is 1. The Morgan fingerprint density at radius 1 is 1.53 bits per heavy atom. The molecule has 6 nitrogen and oxygen atoms in total. The van der Waals surface area contributed by atoms with Gasteiger partial charge in [-0.25, -0.2) is 4.79 Å². The average molecular weight is 266 g/mol. The Morgan fingerprint density at radius 3 is 2.95 bits per heavy atom. The Hall–Kier alpha value is -1.56. The predicted octanol–water partition coefficient (Wildman–Crippen LogP) is 1.09. The van der Waals surface area contributed by atoms with Crippen LogP contribution in [0.4, 0.5) is 4.79 Å². The van der Waals surface area contributed by atoms with Crippen LogP contribution in [0.5, 0.6) is 0 Å². The summed E-state index contributed by atoms with van der Waals surface area (Å²) in [6, 6.07) is 1.96. The van der Waals surface area contributed by atoms with Crippen molar-refractivity contribution >= 4 is 6.09 Å². The van der Waals surface area contributed by atoms with Crippen LogP contribution in [0, 0.1) is 0 Å². The molecule has 0 spiro atoms. The van der Waals surface area contributed by atoms with Crippen LogP contribution in [0.25, 0.3) is 0 Å². The lowest BCUT2D eigenvalue weighted by Crippen LogP contribution is -2.56. The monoisotopic (exact) mass is 266 g/mol. The van der Waals surface area contributed by atoms with E-state index in [4.69, 9.17) is 4.74 Å². The van der Waals surface area contributed by atoms with Gasteiger partial charge in [-0.3, -0.25) is 4.68 Å². The fourth-order valence-electron chi connectivity index (χ4n) is 2.11. The fraction of sp³-hybridized carbons (Fsp3) is 0.692. The summed E-state index contributed by atoms with van der Waals surface area (Å²) in [4.78, 5) is 14.0. The molecule has 19 heavy (non-hydrogen) atoms. The highest BCUT2D eigenvalue weighted by Crippen LogP contribution is 2.14. The van der Waals surface area contributed by atoms with Gasteiger partial charge >= 0.3 is 6.09 Å². The van der Waals surface area contributed by atoms with Crippen molar-refractivity contribution in [3.8, 4) is 0 Å². The summed E-state index contributed by atoms with van der Waals surface area (Å²) in [5, 5.41) is 7.49. The van der Waals surface area contributed by atoms with Crippen molar-refractivity contribution in [3.05, 3.63) is 18.5 Å². The quantitative estimate of drug-likeness (QED) is 0.870. The van der Waals surface area contributed by atoms with E-state index in [-0.39, 0.29) is 12.1 Å². The van der Waals surface area contributed by atoms with Crippen LogP contribution in [-0.4, -0.2) is 52.1 Å². The lowest BCUT2D eigenvalue weighted by molar-refractivity contribution is 0.00983. The number of ether oxygens (including phenoxy) is 1. The average Bonchev–Trinajstić information content (AvgIpc) is 2.80. The normalized spacial score (nSPS) is 20.4. The van der Waals surface area contributed by atoms with Crippen molar-refractivity contribution in [3.63, 3.8) is 0 Å². The van der Waals surface area contributed by atoms with E-state index < -0.39 is 5.60 Å². The summed E-state index contributed by atoms with van der Waals surface area (Å²) in [7, 11) is 0. The number of aromatic nitrogens is 2. The van der Waals surface area contributed by atoms with Crippen molar-refractivity contribution in [2.75, 3.05) is 19.6 Å². The molecule has 0 aromatic carbocycles. The van der Waals surface area contributed by atoms with Gasteiger partial charge in [0.05, 0.1) is 12.6 Å². The Labute approximate surface area is 113 Å². The molecular weight excluding hydrogens is 244 g/mol. The molecule has 0 bridgehead atoms. The summed E-state index contributed by atoms with van der Waals surface area (Å²) in [6.07, 6.45) is 3.40. The molecule has 2 rings (SSSR count). The zero-order valence-corrected chi connectivity index (χ0v) is 11.8. The van der Waals surface area contributed by atoms with Crippen LogP contribution >= 0.6 is 0 Å². The van der Waals surface area contributed by atoms with E-state index in [2.05, 4.69) is 10.4 Å². The fourth-order valence-corrected chi connectivity index (χ4v) is 2.11. The van der Waals surface area contributed by atoms with Gasteiger partial charge in [-0.2, -0.15) is 5.10 Å². The maximum atomic E-state index is 12.2. The van der Waals surface area contributed by atoms with Gasteiger partial charge < -0.3 is 15.0 Å². The Balaban J connectivity index is 2.01. The van der Waals surface area contributed by atoms with Gasteiger partial charge in [-0.05, 0) is 26.8 Å².